The molecule has 0 amide bonds. The molecule has 0 fully saturated rings. The number of anilines is 2. The van der Waals surface area contributed by atoms with Crippen molar-refractivity contribution in [2.75, 3.05) is 55.9 Å². The quantitative estimate of drug-likeness (QED) is 0.0642. The van der Waals surface area contributed by atoms with Crippen molar-refractivity contribution < 1.29 is 38.8 Å². The van der Waals surface area contributed by atoms with Crippen LogP contribution in [0.1, 0.15) is 55.5 Å². The third kappa shape index (κ3) is 15.4. The van der Waals surface area contributed by atoms with Crippen molar-refractivity contribution in [3.63, 3.8) is 0 Å². The molecule has 0 atom stereocenters. The van der Waals surface area contributed by atoms with E-state index < -0.39 is 17.9 Å². The number of carbonyl (C=O) groups is 3. The summed E-state index contributed by atoms with van der Waals surface area (Å²) in [6, 6.07) is 24.9. The second-order valence-corrected chi connectivity index (χ2v) is 11.7. The predicted molar refractivity (Wildman–Crippen MR) is 212 cm³/mol. The highest BCUT2D eigenvalue weighted by molar-refractivity contribution is 5.98. The lowest BCUT2D eigenvalue weighted by molar-refractivity contribution is -0.138. The number of hydrogen-bond donors (Lipinski definition) is 2. The first kappa shape index (κ1) is 44.9. The molecule has 0 aliphatic rings. The predicted octanol–water partition coefficient (Wildman–Crippen LogP) is 5.92. The molecule has 0 saturated heterocycles. The highest BCUT2D eigenvalue weighted by atomic mass is 16.5. The summed E-state index contributed by atoms with van der Waals surface area (Å²) in [4.78, 5) is 40.1. The van der Waals surface area contributed by atoms with Crippen LogP contribution < -0.4 is 9.80 Å². The van der Waals surface area contributed by atoms with Crippen LogP contribution in [-0.2, 0) is 48.1 Å². The summed E-state index contributed by atoms with van der Waals surface area (Å²) in [6.45, 7) is 13.0. The Morgan fingerprint density at radius 2 is 1.11 bits per heavy atom. The summed E-state index contributed by atoms with van der Waals surface area (Å²) in [5.74, 6) is -1.87. The van der Waals surface area contributed by atoms with Gasteiger partial charge in [0.15, 0.2) is 0 Å². The first-order valence-corrected chi connectivity index (χ1v) is 18.0. The van der Waals surface area contributed by atoms with Gasteiger partial charge < -0.3 is 34.2 Å². The van der Waals surface area contributed by atoms with E-state index in [-0.39, 0.29) is 44.2 Å². The lowest BCUT2D eigenvalue weighted by atomic mass is 10.0. The third-order valence-corrected chi connectivity index (χ3v) is 7.78. The summed E-state index contributed by atoms with van der Waals surface area (Å²) in [6.07, 6.45) is 4.87. The van der Waals surface area contributed by atoms with Crippen LogP contribution in [0.2, 0.25) is 0 Å². The number of hydrogen-bond acceptors (Lipinski definition) is 12. The van der Waals surface area contributed by atoms with Gasteiger partial charge in [-0.15, -0.1) is 0 Å². The molecule has 12 heteroatoms. The number of benzene rings is 3. The van der Waals surface area contributed by atoms with Crippen molar-refractivity contribution in [1.82, 2.24) is 0 Å². The average Bonchev–Trinajstić information content (AvgIpc) is 3.19. The topological polar surface area (TPSA) is 173 Å². The van der Waals surface area contributed by atoms with Crippen molar-refractivity contribution in [2.24, 2.45) is 0 Å². The molecule has 3 aromatic rings. The van der Waals surface area contributed by atoms with Gasteiger partial charge in [-0.2, -0.15) is 10.5 Å². The Bertz CT molecular complexity index is 1860. The molecule has 12 nitrogen and oxygen atoms in total. The Morgan fingerprint density at radius 1 is 0.691 bits per heavy atom. The van der Waals surface area contributed by atoms with E-state index in [1.54, 1.807) is 45.0 Å². The Labute approximate surface area is 323 Å². The number of nitriles is 2. The highest BCUT2D eigenvalue weighted by Crippen LogP contribution is 2.24. The van der Waals surface area contributed by atoms with Gasteiger partial charge in [-0.3, -0.25) is 0 Å². The summed E-state index contributed by atoms with van der Waals surface area (Å²) in [5, 5.41) is 36.3. The molecule has 0 saturated carbocycles. The molecule has 3 aromatic carbocycles. The fraction of sp³-hybridized carbons (Fsp3) is 0.326. The van der Waals surface area contributed by atoms with E-state index in [0.717, 1.165) is 40.6 Å². The maximum Gasteiger partial charge on any atom is 0.348 e. The van der Waals surface area contributed by atoms with Crippen LogP contribution in [0.25, 0.3) is 12.2 Å². The molecule has 0 aliphatic heterocycles. The smallest absolute Gasteiger partial charge is 0.348 e. The van der Waals surface area contributed by atoms with Crippen molar-refractivity contribution in [2.45, 2.75) is 47.2 Å². The zero-order chi connectivity index (χ0) is 40.6. The van der Waals surface area contributed by atoms with Gasteiger partial charge in [0.2, 0.25) is 0 Å². The molecule has 0 bridgehead atoms. The van der Waals surface area contributed by atoms with E-state index in [1.165, 1.54) is 12.2 Å². The molecule has 0 aliphatic carbocycles. The minimum Gasteiger partial charge on any atom is -0.462 e. The number of rotatable bonds is 19. The molecule has 0 aromatic heterocycles. The van der Waals surface area contributed by atoms with Gasteiger partial charge >= 0.3 is 17.9 Å². The van der Waals surface area contributed by atoms with Gasteiger partial charge in [-0.1, -0.05) is 56.0 Å². The Kier molecular flexibility index (Phi) is 20.4. The van der Waals surface area contributed by atoms with Crippen molar-refractivity contribution in [1.29, 1.82) is 10.5 Å². The summed E-state index contributed by atoms with van der Waals surface area (Å²) >= 11 is 0. The van der Waals surface area contributed by atoms with Crippen molar-refractivity contribution >= 4 is 41.4 Å². The molecular weight excluding hydrogens is 700 g/mol. The van der Waals surface area contributed by atoms with Gasteiger partial charge in [-0.25, -0.2) is 14.4 Å². The Morgan fingerprint density at radius 3 is 1.47 bits per heavy atom. The number of esters is 3. The van der Waals surface area contributed by atoms with E-state index in [4.69, 9.17) is 19.3 Å². The van der Waals surface area contributed by atoms with Crippen LogP contribution >= 0.6 is 0 Å². The number of carbonyl (C=O) groups excluding carboxylic acids is 3. The molecule has 3 rings (SSSR count). The maximum atomic E-state index is 12.1. The summed E-state index contributed by atoms with van der Waals surface area (Å²) in [5.41, 5.74) is 6.00. The van der Waals surface area contributed by atoms with Crippen LogP contribution in [0.4, 0.5) is 11.4 Å². The third-order valence-electron chi connectivity index (χ3n) is 7.78. The monoisotopic (exact) mass is 750 g/mol. The number of aryl methyl sites for hydroxylation is 1. The fourth-order valence-corrected chi connectivity index (χ4v) is 5.29. The molecular formula is C43H50N4O8. The minimum absolute atomic E-state index is 0.0680. The molecule has 290 valence electrons. The Hall–Kier alpha value is -6.21. The van der Waals surface area contributed by atoms with E-state index in [0.29, 0.717) is 37.3 Å². The van der Waals surface area contributed by atoms with Crippen LogP contribution in [0.15, 0.2) is 90.5 Å². The lowest BCUT2D eigenvalue weighted by Crippen LogP contribution is -2.28. The summed E-state index contributed by atoms with van der Waals surface area (Å²) < 4.78 is 15.2. The second kappa shape index (κ2) is 24.9. The molecule has 2 N–H and O–H groups in total. The number of nitrogens with zero attached hydrogens (tertiary/aromatic N) is 4. The zero-order valence-electron chi connectivity index (χ0n) is 32.0. The molecule has 0 unspecified atom stereocenters. The fourth-order valence-electron chi connectivity index (χ4n) is 5.29. The van der Waals surface area contributed by atoms with E-state index >= 15 is 0 Å². The van der Waals surface area contributed by atoms with Gasteiger partial charge in [0, 0.05) is 43.7 Å². The lowest BCUT2D eigenvalue weighted by Gasteiger charge is -2.27. The van der Waals surface area contributed by atoms with E-state index in [2.05, 4.69) is 36.6 Å². The Balaban J connectivity index is 0.00000337. The van der Waals surface area contributed by atoms with Gasteiger partial charge in [0.25, 0.3) is 0 Å². The van der Waals surface area contributed by atoms with Gasteiger partial charge in [0.1, 0.15) is 29.9 Å². The molecule has 0 heterocycles. The SMILES string of the molecule is C=CC(=O)OCCN(Cc1cc(CC)cc(CN(CCO)c2ccc(/C=C(/C#N)C(=O)OCC)cc2)c1)c1ccc(/C=C(/C#N)C(=O)OCC)cc1.CCO. The average molecular weight is 751 g/mol. The van der Waals surface area contributed by atoms with E-state index in [9.17, 15) is 30.0 Å². The van der Waals surface area contributed by atoms with Crippen LogP contribution in [0.3, 0.4) is 0 Å². The first-order chi connectivity index (χ1) is 26.6. The first-order valence-electron chi connectivity index (χ1n) is 18.0. The van der Waals surface area contributed by atoms with E-state index in [1.807, 2.05) is 41.3 Å². The maximum absolute atomic E-state index is 12.1. The number of aliphatic hydroxyl groups excluding tert-OH is 2. The summed E-state index contributed by atoms with van der Waals surface area (Å²) in [7, 11) is 0. The van der Waals surface area contributed by atoms with Gasteiger partial charge in [0.05, 0.1) is 26.4 Å². The zero-order valence-corrected chi connectivity index (χ0v) is 32.0. The number of aliphatic hydroxyl groups is 2. The van der Waals surface area contributed by atoms with Crippen LogP contribution in [0.5, 0.6) is 0 Å². The molecule has 0 spiro atoms. The van der Waals surface area contributed by atoms with Gasteiger partial charge in [-0.05, 0) is 91.4 Å². The van der Waals surface area contributed by atoms with Crippen LogP contribution in [0, 0.1) is 22.7 Å². The molecule has 0 radical (unpaired) electrons. The number of ether oxygens (including phenoxy) is 3. The second-order valence-electron chi connectivity index (χ2n) is 11.7. The molecule has 55 heavy (non-hydrogen) atoms. The highest BCUT2D eigenvalue weighted by Gasteiger charge is 2.15. The largest absolute Gasteiger partial charge is 0.462 e. The van der Waals surface area contributed by atoms with Crippen LogP contribution in [-0.4, -0.2) is 74.2 Å². The minimum atomic E-state index is -0.682. The standard InChI is InChI=1S/C41H44N4O7.C2H6O/c1-5-30-21-33(28-44(17-19-46)37-13-9-31(10-14-37)24-35(26-42)40(48)50-7-3)23-34(22-30)29-45(18-20-52-39(47)6-2)38-15-11-32(12-16-38)25-36(27-43)41(49)51-8-4;1-2-3/h6,9-16,21-25,46H,2,5,7-8,17-20,28-29H2,1,3-4H3;3H,2H2,1H3/b35-24-,36-25-;. The van der Waals surface area contributed by atoms with Crippen molar-refractivity contribution in [3.8, 4) is 12.1 Å². The van der Waals surface area contributed by atoms with Crippen molar-refractivity contribution in [3.05, 3.63) is 118 Å². The normalized spacial score (nSPS) is 10.8.